The van der Waals surface area contributed by atoms with Crippen molar-refractivity contribution in [1.82, 2.24) is 15.5 Å². The average molecular weight is 431 g/mol. The molecule has 166 valence electrons. The number of thiol groups is 1. The Morgan fingerprint density at radius 3 is 2.24 bits per heavy atom. The molecule has 1 aliphatic rings. The van der Waals surface area contributed by atoms with Gasteiger partial charge in [-0.2, -0.15) is 12.6 Å². The molecule has 5 N–H and O–H groups in total. The molecule has 0 radical (unpaired) electrons. The zero-order chi connectivity index (χ0) is 22.3. The Morgan fingerprint density at radius 2 is 1.76 bits per heavy atom. The summed E-state index contributed by atoms with van der Waals surface area (Å²) in [5.41, 5.74) is 5.90. The second-order valence-corrected chi connectivity index (χ2v) is 8.60. The molecule has 0 saturated carbocycles. The lowest BCUT2D eigenvalue weighted by molar-refractivity contribution is -0.149. The maximum absolute atomic E-state index is 12.8. The number of nitrogens with zero attached hydrogens (tertiary/aromatic N) is 1. The Bertz CT molecular complexity index is 613. The van der Waals surface area contributed by atoms with Gasteiger partial charge in [0, 0.05) is 12.3 Å². The SMILES string of the molecule is CC(C)CC(N)C(=O)NC(C(=O)NC(CS)C(=O)N1CCCC1C(=O)O)C(C)C. The second-order valence-electron chi connectivity index (χ2n) is 8.24. The van der Waals surface area contributed by atoms with E-state index in [9.17, 15) is 24.3 Å². The summed E-state index contributed by atoms with van der Waals surface area (Å²) in [6, 6.07) is -3.47. The van der Waals surface area contributed by atoms with Gasteiger partial charge in [0.15, 0.2) is 0 Å². The Labute approximate surface area is 177 Å². The van der Waals surface area contributed by atoms with Gasteiger partial charge in [-0.3, -0.25) is 14.4 Å². The number of rotatable bonds is 10. The number of carboxylic acids is 1. The van der Waals surface area contributed by atoms with E-state index in [4.69, 9.17) is 5.73 Å². The lowest BCUT2D eigenvalue weighted by Crippen LogP contribution is -2.59. The Balaban J connectivity index is 2.82. The van der Waals surface area contributed by atoms with Crippen LogP contribution < -0.4 is 16.4 Å². The minimum absolute atomic E-state index is 0.0129. The van der Waals surface area contributed by atoms with Crippen molar-refractivity contribution in [3.05, 3.63) is 0 Å². The number of nitrogens with two attached hydrogens (primary N) is 1. The highest BCUT2D eigenvalue weighted by Gasteiger charge is 2.38. The van der Waals surface area contributed by atoms with Crippen molar-refractivity contribution in [2.24, 2.45) is 17.6 Å². The molecule has 1 rings (SSSR count). The van der Waals surface area contributed by atoms with E-state index in [0.717, 1.165) is 0 Å². The minimum atomic E-state index is -1.06. The first-order chi connectivity index (χ1) is 13.5. The highest BCUT2D eigenvalue weighted by Crippen LogP contribution is 2.19. The van der Waals surface area contributed by atoms with Crippen molar-refractivity contribution in [1.29, 1.82) is 0 Å². The van der Waals surface area contributed by atoms with Gasteiger partial charge in [-0.1, -0.05) is 27.7 Å². The normalized spacial score (nSPS) is 19.7. The third-order valence-electron chi connectivity index (χ3n) is 4.93. The molecular weight excluding hydrogens is 396 g/mol. The van der Waals surface area contributed by atoms with Crippen molar-refractivity contribution in [2.75, 3.05) is 12.3 Å². The van der Waals surface area contributed by atoms with Crippen LogP contribution in [0.4, 0.5) is 0 Å². The highest BCUT2D eigenvalue weighted by molar-refractivity contribution is 7.80. The molecular formula is C19H34N4O5S. The van der Waals surface area contributed by atoms with Gasteiger partial charge in [0.1, 0.15) is 18.1 Å². The maximum atomic E-state index is 12.8. The molecule has 0 bridgehead atoms. The fourth-order valence-electron chi connectivity index (χ4n) is 3.34. The number of carbonyl (C=O) groups excluding carboxylic acids is 3. The zero-order valence-corrected chi connectivity index (χ0v) is 18.4. The van der Waals surface area contributed by atoms with Crippen molar-refractivity contribution in [3.63, 3.8) is 0 Å². The smallest absolute Gasteiger partial charge is 0.326 e. The molecule has 0 aromatic rings. The molecule has 0 aromatic heterocycles. The first kappa shape index (κ1) is 25.2. The van der Waals surface area contributed by atoms with Crippen molar-refractivity contribution in [3.8, 4) is 0 Å². The zero-order valence-electron chi connectivity index (χ0n) is 17.6. The molecule has 0 spiro atoms. The van der Waals surface area contributed by atoms with Gasteiger partial charge in [0.25, 0.3) is 0 Å². The van der Waals surface area contributed by atoms with Crippen molar-refractivity contribution in [2.45, 2.75) is 71.1 Å². The summed E-state index contributed by atoms with van der Waals surface area (Å²) >= 11 is 4.15. The van der Waals surface area contributed by atoms with Crippen LogP contribution in [0, 0.1) is 11.8 Å². The summed E-state index contributed by atoms with van der Waals surface area (Å²) in [6.07, 6.45) is 1.46. The van der Waals surface area contributed by atoms with E-state index >= 15 is 0 Å². The van der Waals surface area contributed by atoms with Gasteiger partial charge in [0.2, 0.25) is 17.7 Å². The van der Waals surface area contributed by atoms with E-state index in [1.165, 1.54) is 4.90 Å². The first-order valence-corrected chi connectivity index (χ1v) is 10.6. The molecule has 0 aliphatic carbocycles. The molecule has 1 heterocycles. The molecule has 9 nitrogen and oxygen atoms in total. The molecule has 3 amide bonds. The van der Waals surface area contributed by atoms with E-state index < -0.39 is 47.9 Å². The number of hydrogen-bond donors (Lipinski definition) is 5. The van der Waals surface area contributed by atoms with E-state index in [1.54, 1.807) is 13.8 Å². The van der Waals surface area contributed by atoms with Gasteiger partial charge in [-0.25, -0.2) is 4.79 Å². The lowest BCUT2D eigenvalue weighted by atomic mass is 10.00. The van der Waals surface area contributed by atoms with E-state index in [1.807, 2.05) is 13.8 Å². The number of aliphatic carboxylic acids is 1. The lowest BCUT2D eigenvalue weighted by Gasteiger charge is -2.29. The third-order valence-corrected chi connectivity index (χ3v) is 5.29. The average Bonchev–Trinajstić information content (AvgIpc) is 3.12. The first-order valence-electron chi connectivity index (χ1n) is 10.00. The Hall–Kier alpha value is -1.81. The van der Waals surface area contributed by atoms with E-state index in [0.29, 0.717) is 25.8 Å². The van der Waals surface area contributed by atoms with Crippen LogP contribution in [0.1, 0.15) is 47.0 Å². The molecule has 4 atom stereocenters. The van der Waals surface area contributed by atoms with Crippen LogP contribution in [0.15, 0.2) is 0 Å². The standard InChI is InChI=1S/C19H34N4O5S/c1-10(2)8-12(20)16(24)22-15(11(3)4)17(25)21-13(9-29)18(26)23-7-5-6-14(23)19(27)28/h10-15,29H,5-9,20H2,1-4H3,(H,21,25)(H,22,24)(H,27,28). The number of carbonyl (C=O) groups is 4. The summed E-state index contributed by atoms with van der Waals surface area (Å²) in [7, 11) is 0. The number of carboxylic acid groups (broad SMARTS) is 1. The predicted octanol–water partition coefficient (Wildman–Crippen LogP) is -0.00920. The number of likely N-dealkylation sites (tertiary alicyclic amines) is 1. The second kappa shape index (κ2) is 11.4. The number of amides is 3. The van der Waals surface area contributed by atoms with Crippen LogP contribution in [0.2, 0.25) is 0 Å². The van der Waals surface area contributed by atoms with Crippen molar-refractivity contribution >= 4 is 36.3 Å². The maximum Gasteiger partial charge on any atom is 0.326 e. The summed E-state index contributed by atoms with van der Waals surface area (Å²) in [5.74, 6) is -2.49. The van der Waals surface area contributed by atoms with Gasteiger partial charge >= 0.3 is 5.97 Å². The highest BCUT2D eigenvalue weighted by atomic mass is 32.1. The summed E-state index contributed by atoms with van der Waals surface area (Å²) < 4.78 is 0. The molecule has 1 saturated heterocycles. The topological polar surface area (TPSA) is 142 Å². The Kier molecular flexibility index (Phi) is 9.91. The van der Waals surface area contributed by atoms with Crippen LogP contribution in [0.25, 0.3) is 0 Å². The van der Waals surface area contributed by atoms with Gasteiger partial charge in [-0.15, -0.1) is 0 Å². The third kappa shape index (κ3) is 7.18. The van der Waals surface area contributed by atoms with Gasteiger partial charge in [-0.05, 0) is 31.1 Å². The van der Waals surface area contributed by atoms with Crippen LogP contribution in [0.5, 0.6) is 0 Å². The van der Waals surface area contributed by atoms with E-state index in [-0.39, 0.29) is 17.6 Å². The Morgan fingerprint density at radius 1 is 1.14 bits per heavy atom. The number of nitrogens with one attached hydrogen (secondary N) is 2. The van der Waals surface area contributed by atoms with E-state index in [2.05, 4.69) is 23.3 Å². The summed E-state index contributed by atoms with van der Waals surface area (Å²) in [4.78, 5) is 50.5. The fraction of sp³-hybridized carbons (Fsp3) is 0.789. The number of hydrogen-bond acceptors (Lipinski definition) is 6. The minimum Gasteiger partial charge on any atom is -0.480 e. The van der Waals surface area contributed by atoms with Crippen LogP contribution in [0.3, 0.4) is 0 Å². The molecule has 0 aromatic carbocycles. The quantitative estimate of drug-likeness (QED) is 0.309. The van der Waals surface area contributed by atoms with Gasteiger partial charge in [0.05, 0.1) is 6.04 Å². The molecule has 29 heavy (non-hydrogen) atoms. The monoisotopic (exact) mass is 430 g/mol. The summed E-state index contributed by atoms with van der Waals surface area (Å²) in [5, 5.41) is 14.6. The van der Waals surface area contributed by atoms with Crippen LogP contribution in [-0.4, -0.2) is 70.2 Å². The molecule has 10 heteroatoms. The van der Waals surface area contributed by atoms with Crippen LogP contribution in [-0.2, 0) is 19.2 Å². The van der Waals surface area contributed by atoms with Gasteiger partial charge < -0.3 is 26.4 Å². The largest absolute Gasteiger partial charge is 0.480 e. The molecule has 1 aliphatic heterocycles. The fourth-order valence-corrected chi connectivity index (χ4v) is 3.59. The molecule has 4 unspecified atom stereocenters. The predicted molar refractivity (Wildman–Crippen MR) is 112 cm³/mol. The molecule has 1 fully saturated rings. The van der Waals surface area contributed by atoms with Crippen molar-refractivity contribution < 1.29 is 24.3 Å². The summed E-state index contributed by atoms with van der Waals surface area (Å²) in [6.45, 7) is 7.77. The van der Waals surface area contributed by atoms with Crippen LogP contribution >= 0.6 is 12.6 Å².